The van der Waals surface area contributed by atoms with E-state index in [4.69, 9.17) is 9.72 Å². The van der Waals surface area contributed by atoms with Gasteiger partial charge in [-0.2, -0.15) is 12.8 Å². The molecule has 0 radical (unpaired) electrons. The van der Waals surface area contributed by atoms with Gasteiger partial charge in [-0.3, -0.25) is 9.78 Å². The average Bonchev–Trinajstić information content (AvgIpc) is 3.01. The number of hydrogen-bond acceptors (Lipinski definition) is 9. The number of carbonyl (C=O) groups excluding carboxylic acids is 2. The van der Waals surface area contributed by atoms with Crippen molar-refractivity contribution in [2.24, 2.45) is 5.92 Å². The number of ether oxygens (including phenoxy) is 1. The summed E-state index contributed by atoms with van der Waals surface area (Å²) in [7, 11) is -4.47. The van der Waals surface area contributed by atoms with Crippen LogP contribution in [0.4, 0.5) is 15.0 Å². The molecule has 2 N–H and O–H groups in total. The van der Waals surface area contributed by atoms with Crippen LogP contribution in [0.1, 0.15) is 121 Å². The molecule has 0 spiro atoms. The number of halogens is 1. The summed E-state index contributed by atoms with van der Waals surface area (Å²) in [5.41, 5.74) is 0.629. The number of piperidine rings is 1. The van der Waals surface area contributed by atoms with E-state index in [1.165, 1.54) is 24.3 Å². The van der Waals surface area contributed by atoms with Crippen LogP contribution in [0.5, 0.6) is 0 Å². The maximum absolute atomic E-state index is 14.8. The molecule has 3 aromatic heterocycles. The highest BCUT2D eigenvalue weighted by Gasteiger charge is 2.29. The second kappa shape index (κ2) is 15.0. The van der Waals surface area contributed by atoms with Crippen LogP contribution in [0.25, 0.3) is 0 Å². The van der Waals surface area contributed by atoms with E-state index in [1.807, 2.05) is 64.6 Å². The molecule has 4 rings (SSSR count). The zero-order valence-electron chi connectivity index (χ0n) is 30.6. The second-order valence-electron chi connectivity index (χ2n) is 16.0. The van der Waals surface area contributed by atoms with Crippen LogP contribution in [0.15, 0.2) is 53.7 Å². The zero-order valence-corrected chi connectivity index (χ0v) is 31.4. The SMILES string of the molecule is CC(C)(C)OC(=O)N1CCC[C@H](CCC(Nc2cccc(S(=O)(=O)NC(=O)c3ccc(C(C)(C)C)nc3F)n2)c2ccc(C(C)(C)C)cn2)C1. The maximum atomic E-state index is 14.8. The van der Waals surface area contributed by atoms with E-state index in [2.05, 4.69) is 36.1 Å². The molecule has 0 aromatic carbocycles. The predicted molar refractivity (Wildman–Crippen MR) is 191 cm³/mol. The van der Waals surface area contributed by atoms with Crippen molar-refractivity contribution in [1.29, 1.82) is 0 Å². The van der Waals surface area contributed by atoms with E-state index in [9.17, 15) is 22.4 Å². The van der Waals surface area contributed by atoms with E-state index < -0.39 is 43.5 Å². The van der Waals surface area contributed by atoms with Gasteiger partial charge in [-0.05, 0) is 93.7 Å². The van der Waals surface area contributed by atoms with E-state index >= 15 is 0 Å². The number of carbonyl (C=O) groups is 2. The number of amides is 2. The molecule has 1 aliphatic rings. The van der Waals surface area contributed by atoms with Crippen molar-refractivity contribution in [3.05, 3.63) is 77.1 Å². The molecule has 1 unspecified atom stereocenters. The standard InChI is InChI=1S/C37H51FN6O5S/c1-35(2,3)25-16-19-27(39-22-25)28(18-15-24-12-11-21-44(23-24)34(46)49-37(7,8)9)40-30-13-10-14-31(42-30)50(47,48)43-33(45)26-17-20-29(36(4,5)6)41-32(26)38/h10,13-14,16-17,19-20,22,24,28H,11-12,15,18,21,23H2,1-9H3,(H,40,42)(H,43,45)/t24-,28?/m1/s1. The number of rotatable bonds is 9. The van der Waals surface area contributed by atoms with Gasteiger partial charge in [-0.25, -0.2) is 19.5 Å². The van der Waals surface area contributed by atoms with Gasteiger partial charge in [-0.1, -0.05) is 53.7 Å². The molecular formula is C37H51FN6O5S. The van der Waals surface area contributed by atoms with Gasteiger partial charge in [0.1, 0.15) is 11.4 Å². The van der Waals surface area contributed by atoms with Gasteiger partial charge in [0.2, 0.25) is 5.95 Å². The smallest absolute Gasteiger partial charge is 0.410 e. The Hall–Kier alpha value is -4.13. The van der Waals surface area contributed by atoms with Gasteiger partial charge in [0.25, 0.3) is 15.9 Å². The predicted octanol–water partition coefficient (Wildman–Crippen LogP) is 7.30. The normalized spacial score (nSPS) is 16.4. The quantitative estimate of drug-likeness (QED) is 0.219. The summed E-state index contributed by atoms with van der Waals surface area (Å²) in [5, 5.41) is 2.95. The Labute approximate surface area is 295 Å². The lowest BCUT2D eigenvalue weighted by Gasteiger charge is -2.34. The molecule has 11 nitrogen and oxygen atoms in total. The molecule has 1 saturated heterocycles. The fraction of sp³-hybridized carbons (Fsp3) is 0.541. The number of sulfonamides is 1. The molecule has 3 aromatic rings. The van der Waals surface area contributed by atoms with Gasteiger partial charge in [0.05, 0.1) is 17.3 Å². The van der Waals surface area contributed by atoms with Crippen molar-refractivity contribution >= 4 is 27.8 Å². The van der Waals surface area contributed by atoms with Crippen LogP contribution >= 0.6 is 0 Å². The summed E-state index contributed by atoms with van der Waals surface area (Å²) >= 11 is 0. The number of pyridine rings is 3. The van der Waals surface area contributed by atoms with Gasteiger partial charge in [0.15, 0.2) is 5.03 Å². The molecule has 2 amide bonds. The third-order valence-electron chi connectivity index (χ3n) is 8.45. The van der Waals surface area contributed by atoms with E-state index in [0.29, 0.717) is 25.2 Å². The van der Waals surface area contributed by atoms with Gasteiger partial charge in [0, 0.05) is 30.4 Å². The van der Waals surface area contributed by atoms with Gasteiger partial charge in [-0.15, -0.1) is 0 Å². The largest absolute Gasteiger partial charge is 0.444 e. The maximum Gasteiger partial charge on any atom is 0.410 e. The second-order valence-corrected chi connectivity index (χ2v) is 17.6. The van der Waals surface area contributed by atoms with Crippen LogP contribution in [0.2, 0.25) is 0 Å². The fourth-order valence-electron chi connectivity index (χ4n) is 5.62. The van der Waals surface area contributed by atoms with Crippen molar-refractivity contribution in [2.45, 2.75) is 115 Å². The van der Waals surface area contributed by atoms with Crippen LogP contribution in [-0.2, 0) is 25.6 Å². The lowest BCUT2D eigenvalue weighted by molar-refractivity contribution is 0.0160. The average molecular weight is 711 g/mol. The summed E-state index contributed by atoms with van der Waals surface area (Å²) in [6.07, 6.45) is 4.76. The van der Waals surface area contributed by atoms with Crippen LogP contribution in [0, 0.1) is 11.9 Å². The minimum Gasteiger partial charge on any atom is -0.444 e. The molecule has 50 heavy (non-hydrogen) atoms. The zero-order chi connectivity index (χ0) is 37.1. The molecule has 13 heteroatoms. The van der Waals surface area contributed by atoms with Gasteiger partial charge >= 0.3 is 6.09 Å². The van der Waals surface area contributed by atoms with Crippen molar-refractivity contribution in [3.63, 3.8) is 0 Å². The van der Waals surface area contributed by atoms with E-state index in [-0.39, 0.29) is 29.3 Å². The first kappa shape index (κ1) is 38.7. The summed E-state index contributed by atoms with van der Waals surface area (Å²) in [5.74, 6) is -1.72. The number of likely N-dealkylation sites (tertiary alicyclic amines) is 1. The molecule has 0 bridgehead atoms. The van der Waals surface area contributed by atoms with Crippen molar-refractivity contribution in [2.75, 3.05) is 18.4 Å². The Morgan fingerprint density at radius 2 is 1.70 bits per heavy atom. The summed E-state index contributed by atoms with van der Waals surface area (Å²) < 4.78 is 48.9. The summed E-state index contributed by atoms with van der Waals surface area (Å²) in [6.45, 7) is 18.7. The van der Waals surface area contributed by atoms with Crippen LogP contribution in [-0.4, -0.2) is 59.0 Å². The Morgan fingerprint density at radius 1 is 0.980 bits per heavy atom. The fourth-order valence-corrected chi connectivity index (χ4v) is 6.55. The van der Waals surface area contributed by atoms with Gasteiger partial charge < -0.3 is 15.0 Å². The topological polar surface area (TPSA) is 143 Å². The first-order chi connectivity index (χ1) is 23.1. The first-order valence-electron chi connectivity index (χ1n) is 17.0. The highest BCUT2D eigenvalue weighted by Crippen LogP contribution is 2.30. The molecule has 2 atom stereocenters. The Balaban J connectivity index is 1.53. The number of anilines is 1. The van der Waals surface area contributed by atoms with E-state index in [0.717, 1.165) is 30.5 Å². The molecule has 272 valence electrons. The number of nitrogens with zero attached hydrogens (tertiary/aromatic N) is 4. The lowest BCUT2D eigenvalue weighted by atomic mass is 9.87. The number of nitrogens with one attached hydrogen (secondary N) is 2. The third-order valence-corrected chi connectivity index (χ3v) is 9.69. The monoisotopic (exact) mass is 710 g/mol. The molecule has 1 aliphatic heterocycles. The Kier molecular flexibility index (Phi) is 11.6. The minimum atomic E-state index is -4.47. The number of aromatic nitrogens is 3. The lowest BCUT2D eigenvalue weighted by Crippen LogP contribution is -2.43. The third kappa shape index (κ3) is 10.4. The summed E-state index contributed by atoms with van der Waals surface area (Å²) in [6, 6.07) is 10.8. The van der Waals surface area contributed by atoms with Crippen molar-refractivity contribution < 1.29 is 27.1 Å². The van der Waals surface area contributed by atoms with Crippen molar-refractivity contribution in [1.82, 2.24) is 24.6 Å². The highest BCUT2D eigenvalue weighted by atomic mass is 32.2. The minimum absolute atomic E-state index is 0.0933. The Morgan fingerprint density at radius 3 is 2.30 bits per heavy atom. The van der Waals surface area contributed by atoms with Crippen LogP contribution < -0.4 is 10.0 Å². The summed E-state index contributed by atoms with van der Waals surface area (Å²) in [4.78, 5) is 40.4. The number of hydrogen-bond donors (Lipinski definition) is 2. The Bertz CT molecular complexity index is 1780. The van der Waals surface area contributed by atoms with Crippen LogP contribution in [0.3, 0.4) is 0 Å². The van der Waals surface area contributed by atoms with E-state index in [1.54, 1.807) is 11.0 Å². The first-order valence-corrected chi connectivity index (χ1v) is 18.5. The molecule has 4 heterocycles. The molecule has 1 fully saturated rings. The molecule has 0 saturated carbocycles. The molecule has 0 aliphatic carbocycles. The van der Waals surface area contributed by atoms with Crippen molar-refractivity contribution in [3.8, 4) is 0 Å². The molecular weight excluding hydrogens is 660 g/mol. The highest BCUT2D eigenvalue weighted by molar-refractivity contribution is 7.90.